The molecule has 2 aromatic heterocycles. The SMILES string of the molecule is O=C(CSc1nc(C(F)(F)F)nc2ccccc12)c1ccc(C2(O)CCN(C(=O)CO)CC2)s1. The number of Topliss-reactive ketones (excluding diaryl/α,β-unsaturated/α-hetero) is 1. The van der Waals surface area contributed by atoms with Gasteiger partial charge in [0.25, 0.3) is 0 Å². The number of fused-ring (bicyclic) bond motifs is 1. The minimum atomic E-state index is -4.71. The Morgan fingerprint density at radius 2 is 1.82 bits per heavy atom. The van der Waals surface area contributed by atoms with E-state index in [-0.39, 0.29) is 48.0 Å². The van der Waals surface area contributed by atoms with Crippen molar-refractivity contribution in [2.45, 2.75) is 29.6 Å². The van der Waals surface area contributed by atoms with E-state index in [9.17, 15) is 27.9 Å². The zero-order valence-electron chi connectivity index (χ0n) is 17.7. The molecule has 1 aromatic carbocycles. The van der Waals surface area contributed by atoms with Crippen molar-refractivity contribution in [3.63, 3.8) is 0 Å². The van der Waals surface area contributed by atoms with Crippen LogP contribution in [0, 0.1) is 0 Å². The van der Waals surface area contributed by atoms with Gasteiger partial charge >= 0.3 is 6.18 Å². The zero-order chi connectivity index (χ0) is 24.5. The van der Waals surface area contributed by atoms with Crippen molar-refractivity contribution in [2.75, 3.05) is 25.4 Å². The number of carbonyl (C=O) groups excluding carboxylic acids is 2. The number of aliphatic hydroxyl groups excluding tert-OH is 1. The van der Waals surface area contributed by atoms with Gasteiger partial charge in [-0.3, -0.25) is 9.59 Å². The van der Waals surface area contributed by atoms with Crippen LogP contribution in [0.1, 0.15) is 33.2 Å². The molecule has 180 valence electrons. The van der Waals surface area contributed by atoms with Crippen molar-refractivity contribution < 1.29 is 33.0 Å². The largest absolute Gasteiger partial charge is 0.451 e. The Morgan fingerprint density at radius 3 is 2.50 bits per heavy atom. The molecule has 1 aliphatic rings. The van der Waals surface area contributed by atoms with Crippen molar-refractivity contribution in [1.29, 1.82) is 0 Å². The average Bonchev–Trinajstić information content (AvgIpc) is 3.33. The van der Waals surface area contributed by atoms with E-state index in [1.165, 1.54) is 11.0 Å². The number of nitrogens with zero attached hydrogens (tertiary/aromatic N) is 3. The minimum Gasteiger partial charge on any atom is -0.387 e. The number of aliphatic hydroxyl groups is 2. The molecule has 12 heteroatoms. The summed E-state index contributed by atoms with van der Waals surface area (Å²) in [6.07, 6.45) is -4.16. The molecule has 0 aliphatic carbocycles. The molecular weight excluding hydrogens is 491 g/mol. The molecule has 3 aromatic rings. The molecule has 2 N–H and O–H groups in total. The number of ketones is 1. The summed E-state index contributed by atoms with van der Waals surface area (Å²) >= 11 is 2.04. The number of hydrogen-bond acceptors (Lipinski definition) is 8. The number of aromatic nitrogens is 2. The Morgan fingerprint density at radius 1 is 1.12 bits per heavy atom. The minimum absolute atomic E-state index is 0.0719. The first-order valence-electron chi connectivity index (χ1n) is 10.3. The van der Waals surface area contributed by atoms with Crippen LogP contribution in [0.25, 0.3) is 10.9 Å². The van der Waals surface area contributed by atoms with Crippen molar-refractivity contribution in [3.05, 3.63) is 52.0 Å². The van der Waals surface area contributed by atoms with Crippen LogP contribution in [-0.4, -0.2) is 62.2 Å². The molecular formula is C22H20F3N3O4S2. The fourth-order valence-corrected chi connectivity index (χ4v) is 5.78. The molecule has 1 fully saturated rings. The van der Waals surface area contributed by atoms with E-state index in [1.807, 2.05) is 0 Å². The van der Waals surface area contributed by atoms with Gasteiger partial charge in [0.15, 0.2) is 5.78 Å². The summed E-state index contributed by atoms with van der Waals surface area (Å²) in [4.78, 5) is 34.1. The van der Waals surface area contributed by atoms with Crippen molar-refractivity contribution in [2.24, 2.45) is 0 Å². The third-order valence-corrected chi connectivity index (χ3v) is 7.89. The fourth-order valence-electron chi connectivity index (χ4n) is 3.70. The van der Waals surface area contributed by atoms with E-state index < -0.39 is 30.1 Å². The van der Waals surface area contributed by atoms with Crippen molar-refractivity contribution >= 4 is 45.7 Å². The lowest BCUT2D eigenvalue weighted by Crippen LogP contribution is -2.45. The number of rotatable bonds is 6. The quantitative estimate of drug-likeness (QED) is 0.297. The molecule has 3 heterocycles. The van der Waals surface area contributed by atoms with Crippen molar-refractivity contribution in [3.8, 4) is 0 Å². The lowest BCUT2D eigenvalue weighted by Gasteiger charge is -2.37. The van der Waals surface area contributed by atoms with Crippen LogP contribution in [-0.2, 0) is 16.6 Å². The monoisotopic (exact) mass is 511 g/mol. The first-order valence-corrected chi connectivity index (χ1v) is 12.1. The third kappa shape index (κ3) is 5.09. The summed E-state index contributed by atoms with van der Waals surface area (Å²) in [5.74, 6) is -2.08. The molecule has 4 rings (SSSR count). The summed E-state index contributed by atoms with van der Waals surface area (Å²) in [7, 11) is 0. The molecule has 0 spiro atoms. The normalized spacial score (nSPS) is 16.1. The van der Waals surface area contributed by atoms with Crippen LogP contribution >= 0.6 is 23.1 Å². The highest BCUT2D eigenvalue weighted by Crippen LogP contribution is 2.38. The molecule has 0 atom stereocenters. The summed E-state index contributed by atoms with van der Waals surface area (Å²) in [6.45, 7) is -0.00959. The van der Waals surface area contributed by atoms with Gasteiger partial charge in [-0.2, -0.15) is 13.2 Å². The third-order valence-electron chi connectivity index (χ3n) is 5.58. The predicted octanol–water partition coefficient (Wildman–Crippen LogP) is 3.49. The van der Waals surface area contributed by atoms with Crippen LogP contribution in [0.4, 0.5) is 13.2 Å². The molecule has 1 aliphatic heterocycles. The van der Waals surface area contributed by atoms with Gasteiger partial charge in [0, 0.05) is 23.4 Å². The molecule has 1 amide bonds. The second-order valence-electron chi connectivity index (χ2n) is 7.81. The Balaban J connectivity index is 1.47. The molecule has 7 nitrogen and oxygen atoms in total. The highest BCUT2D eigenvalue weighted by molar-refractivity contribution is 8.00. The van der Waals surface area contributed by atoms with Gasteiger partial charge in [0.1, 0.15) is 17.2 Å². The maximum Gasteiger partial charge on any atom is 0.451 e. The van der Waals surface area contributed by atoms with E-state index in [2.05, 4.69) is 9.97 Å². The average molecular weight is 512 g/mol. The Bertz CT molecular complexity index is 1220. The van der Waals surface area contributed by atoms with E-state index in [1.54, 1.807) is 30.3 Å². The number of carbonyl (C=O) groups is 2. The second-order valence-corrected chi connectivity index (χ2v) is 9.86. The highest BCUT2D eigenvalue weighted by atomic mass is 32.2. The van der Waals surface area contributed by atoms with E-state index in [0.717, 1.165) is 23.1 Å². The molecule has 34 heavy (non-hydrogen) atoms. The summed E-state index contributed by atoms with van der Waals surface area (Å²) in [5, 5.41) is 20.5. The molecule has 0 bridgehead atoms. The van der Waals surface area contributed by atoms with Gasteiger partial charge in [0.05, 0.1) is 16.1 Å². The van der Waals surface area contributed by atoms with Gasteiger partial charge < -0.3 is 15.1 Å². The highest BCUT2D eigenvalue weighted by Gasteiger charge is 2.37. The van der Waals surface area contributed by atoms with Crippen LogP contribution in [0.15, 0.2) is 41.4 Å². The molecule has 1 saturated heterocycles. The molecule has 0 radical (unpaired) electrons. The van der Waals surface area contributed by atoms with Crippen LogP contribution in [0.3, 0.4) is 0 Å². The van der Waals surface area contributed by atoms with Gasteiger partial charge in [0.2, 0.25) is 11.7 Å². The number of para-hydroxylation sites is 1. The van der Waals surface area contributed by atoms with Gasteiger partial charge in [-0.05, 0) is 31.0 Å². The Hall–Kier alpha value is -2.54. The maximum atomic E-state index is 13.2. The van der Waals surface area contributed by atoms with Crippen LogP contribution in [0.2, 0.25) is 0 Å². The van der Waals surface area contributed by atoms with Crippen molar-refractivity contribution in [1.82, 2.24) is 14.9 Å². The fraction of sp³-hybridized carbons (Fsp3) is 0.364. The number of amides is 1. The summed E-state index contributed by atoms with van der Waals surface area (Å²) < 4.78 is 39.6. The van der Waals surface area contributed by atoms with Gasteiger partial charge in [-0.15, -0.1) is 11.3 Å². The smallest absolute Gasteiger partial charge is 0.387 e. The van der Waals surface area contributed by atoms with E-state index in [4.69, 9.17) is 5.11 Å². The van der Waals surface area contributed by atoms with E-state index >= 15 is 0 Å². The standard InChI is InChI=1S/C22H20F3N3O4S2/c23-22(24,25)20-26-14-4-2-1-3-13(14)19(27-20)33-12-15(30)16-5-6-17(34-16)21(32)7-9-28(10-8-21)18(31)11-29/h1-6,29,32H,7-12H2. The number of hydrogen-bond donors (Lipinski definition) is 2. The number of benzene rings is 1. The molecule has 0 unspecified atom stereocenters. The number of alkyl halides is 3. The number of thiophene rings is 1. The summed E-state index contributed by atoms with van der Waals surface area (Å²) in [5.41, 5.74) is -1.04. The van der Waals surface area contributed by atoms with Gasteiger partial charge in [-0.25, -0.2) is 9.97 Å². The second kappa shape index (κ2) is 9.61. The Labute approximate surface area is 200 Å². The number of likely N-dealkylation sites (tertiary alicyclic amines) is 1. The van der Waals surface area contributed by atoms with Crippen LogP contribution in [0.5, 0.6) is 0 Å². The van der Waals surface area contributed by atoms with Crippen LogP contribution < -0.4 is 0 Å². The topological polar surface area (TPSA) is 104 Å². The molecule has 0 saturated carbocycles. The number of thioether (sulfide) groups is 1. The zero-order valence-corrected chi connectivity index (χ0v) is 19.3. The maximum absolute atomic E-state index is 13.2. The lowest BCUT2D eigenvalue weighted by atomic mass is 9.90. The first kappa shape index (κ1) is 24.6. The van der Waals surface area contributed by atoms with E-state index in [0.29, 0.717) is 15.1 Å². The number of piperidine rings is 1. The lowest BCUT2D eigenvalue weighted by molar-refractivity contribution is -0.145. The Kier molecular flexibility index (Phi) is 6.94. The van der Waals surface area contributed by atoms with Gasteiger partial charge in [-0.1, -0.05) is 30.0 Å². The number of halogens is 3. The summed E-state index contributed by atoms with van der Waals surface area (Å²) in [6, 6.07) is 9.56. The predicted molar refractivity (Wildman–Crippen MR) is 121 cm³/mol. The first-order chi connectivity index (χ1) is 16.1.